The first-order valence-electron chi connectivity index (χ1n) is 7.84. The monoisotopic (exact) mass is 283 g/mol. The van der Waals surface area contributed by atoms with Gasteiger partial charge in [-0.15, -0.1) is 0 Å². The van der Waals surface area contributed by atoms with Crippen LogP contribution in [0.2, 0.25) is 0 Å². The van der Waals surface area contributed by atoms with E-state index in [0.717, 1.165) is 32.7 Å². The van der Waals surface area contributed by atoms with Crippen LogP contribution in [-0.4, -0.2) is 36.1 Å². The Morgan fingerprint density at radius 3 is 2.62 bits per heavy atom. The standard InChI is InChI=1S/C18H25N3/c1-18(2,3)17-12-20-11-15-10-14(4-5-16(15)17)13-21-8-6-19-7-9-21/h4-5,10-12,19H,6-9,13H2,1-3H3. The second-order valence-electron chi connectivity index (χ2n) is 7.02. The Labute approximate surface area is 127 Å². The highest BCUT2D eigenvalue weighted by Crippen LogP contribution is 2.29. The fourth-order valence-electron chi connectivity index (χ4n) is 3.05. The van der Waals surface area contributed by atoms with Crippen LogP contribution < -0.4 is 5.32 Å². The molecule has 1 aliphatic heterocycles. The summed E-state index contributed by atoms with van der Waals surface area (Å²) in [5.74, 6) is 0. The van der Waals surface area contributed by atoms with E-state index >= 15 is 0 Å². The normalized spacial score (nSPS) is 17.3. The lowest BCUT2D eigenvalue weighted by molar-refractivity contribution is 0.233. The summed E-state index contributed by atoms with van der Waals surface area (Å²) in [5, 5.41) is 6.00. The molecule has 0 spiro atoms. The van der Waals surface area contributed by atoms with Crippen molar-refractivity contribution in [1.82, 2.24) is 15.2 Å². The molecular weight excluding hydrogens is 258 g/mol. The van der Waals surface area contributed by atoms with Crippen molar-refractivity contribution in [3.63, 3.8) is 0 Å². The molecule has 21 heavy (non-hydrogen) atoms. The Morgan fingerprint density at radius 1 is 1.14 bits per heavy atom. The van der Waals surface area contributed by atoms with Gasteiger partial charge in [-0.25, -0.2) is 0 Å². The van der Waals surface area contributed by atoms with Crippen molar-refractivity contribution in [2.75, 3.05) is 26.2 Å². The Hall–Kier alpha value is -1.45. The summed E-state index contributed by atoms with van der Waals surface area (Å²) in [4.78, 5) is 6.96. The molecule has 2 heterocycles. The summed E-state index contributed by atoms with van der Waals surface area (Å²) in [6.07, 6.45) is 4.00. The van der Waals surface area contributed by atoms with Gasteiger partial charge in [0.2, 0.25) is 0 Å². The minimum atomic E-state index is 0.132. The van der Waals surface area contributed by atoms with E-state index in [4.69, 9.17) is 0 Å². The molecule has 1 N–H and O–H groups in total. The smallest absolute Gasteiger partial charge is 0.0346 e. The fourth-order valence-corrected chi connectivity index (χ4v) is 3.05. The lowest BCUT2D eigenvalue weighted by Gasteiger charge is -2.27. The molecule has 0 atom stereocenters. The van der Waals surface area contributed by atoms with Gasteiger partial charge in [0.1, 0.15) is 0 Å². The lowest BCUT2D eigenvalue weighted by atomic mass is 9.85. The van der Waals surface area contributed by atoms with E-state index in [-0.39, 0.29) is 5.41 Å². The molecule has 1 aliphatic rings. The van der Waals surface area contributed by atoms with Crippen LogP contribution >= 0.6 is 0 Å². The van der Waals surface area contributed by atoms with Crippen LogP contribution in [0, 0.1) is 0 Å². The molecule has 0 radical (unpaired) electrons. The van der Waals surface area contributed by atoms with Crippen LogP contribution in [-0.2, 0) is 12.0 Å². The molecular formula is C18H25N3. The van der Waals surface area contributed by atoms with E-state index in [1.54, 1.807) is 0 Å². The summed E-state index contributed by atoms with van der Waals surface area (Å²) in [5.41, 5.74) is 2.85. The van der Waals surface area contributed by atoms with Crippen molar-refractivity contribution in [3.05, 3.63) is 41.7 Å². The first-order chi connectivity index (χ1) is 10.0. The zero-order chi connectivity index (χ0) is 14.9. The van der Waals surface area contributed by atoms with E-state index in [9.17, 15) is 0 Å². The molecule has 1 aromatic heterocycles. The van der Waals surface area contributed by atoms with Crippen LogP contribution in [0.15, 0.2) is 30.6 Å². The number of aromatic nitrogens is 1. The van der Waals surface area contributed by atoms with Gasteiger partial charge in [-0.2, -0.15) is 0 Å². The number of nitrogens with one attached hydrogen (secondary N) is 1. The first kappa shape index (κ1) is 14.5. The van der Waals surface area contributed by atoms with Gasteiger partial charge in [-0.1, -0.05) is 32.9 Å². The summed E-state index contributed by atoms with van der Waals surface area (Å²) in [7, 11) is 0. The predicted molar refractivity (Wildman–Crippen MR) is 88.6 cm³/mol. The predicted octanol–water partition coefficient (Wildman–Crippen LogP) is 2.94. The summed E-state index contributed by atoms with van der Waals surface area (Å²) in [6.45, 7) is 12.3. The number of rotatable bonds is 2. The summed E-state index contributed by atoms with van der Waals surface area (Å²) >= 11 is 0. The minimum absolute atomic E-state index is 0.132. The Kier molecular flexibility index (Phi) is 3.96. The molecule has 0 aliphatic carbocycles. The molecule has 1 saturated heterocycles. The number of fused-ring (bicyclic) bond motifs is 1. The van der Waals surface area contributed by atoms with Crippen molar-refractivity contribution in [1.29, 1.82) is 0 Å². The van der Waals surface area contributed by atoms with Gasteiger partial charge in [-0.05, 0) is 28.0 Å². The number of hydrogen-bond donors (Lipinski definition) is 1. The van der Waals surface area contributed by atoms with Crippen LogP contribution in [0.3, 0.4) is 0 Å². The molecule has 3 rings (SSSR count). The first-order valence-corrected chi connectivity index (χ1v) is 7.84. The number of pyridine rings is 1. The number of hydrogen-bond acceptors (Lipinski definition) is 3. The summed E-state index contributed by atoms with van der Waals surface area (Å²) < 4.78 is 0. The average Bonchev–Trinajstić information content (AvgIpc) is 2.46. The van der Waals surface area contributed by atoms with Crippen LogP contribution in [0.1, 0.15) is 31.9 Å². The maximum absolute atomic E-state index is 4.44. The van der Waals surface area contributed by atoms with Gasteiger partial charge in [0, 0.05) is 50.5 Å². The van der Waals surface area contributed by atoms with Crippen LogP contribution in [0.5, 0.6) is 0 Å². The maximum atomic E-state index is 4.44. The van der Waals surface area contributed by atoms with Gasteiger partial charge in [0.05, 0.1) is 0 Å². The molecule has 0 unspecified atom stereocenters. The lowest BCUT2D eigenvalue weighted by Crippen LogP contribution is -2.42. The molecule has 0 bridgehead atoms. The quantitative estimate of drug-likeness (QED) is 0.918. The fraction of sp³-hybridized carbons (Fsp3) is 0.500. The van der Waals surface area contributed by atoms with Gasteiger partial charge in [0.15, 0.2) is 0 Å². The minimum Gasteiger partial charge on any atom is -0.314 e. The second-order valence-corrected chi connectivity index (χ2v) is 7.02. The topological polar surface area (TPSA) is 28.2 Å². The van der Waals surface area contributed by atoms with E-state index in [1.807, 2.05) is 12.4 Å². The van der Waals surface area contributed by atoms with E-state index in [0.29, 0.717) is 0 Å². The molecule has 1 fully saturated rings. The van der Waals surface area contributed by atoms with Gasteiger partial charge >= 0.3 is 0 Å². The molecule has 2 aromatic rings. The third kappa shape index (κ3) is 3.25. The average molecular weight is 283 g/mol. The Bertz CT molecular complexity index is 622. The van der Waals surface area contributed by atoms with E-state index in [1.165, 1.54) is 21.9 Å². The van der Waals surface area contributed by atoms with Crippen molar-refractivity contribution in [2.45, 2.75) is 32.7 Å². The molecule has 3 nitrogen and oxygen atoms in total. The highest BCUT2D eigenvalue weighted by molar-refractivity contribution is 5.86. The number of benzene rings is 1. The second kappa shape index (κ2) is 5.74. The van der Waals surface area contributed by atoms with Gasteiger partial charge in [0.25, 0.3) is 0 Å². The van der Waals surface area contributed by atoms with Gasteiger partial charge in [-0.3, -0.25) is 9.88 Å². The zero-order valence-electron chi connectivity index (χ0n) is 13.3. The molecule has 3 heteroatoms. The van der Waals surface area contributed by atoms with Crippen LogP contribution in [0.4, 0.5) is 0 Å². The van der Waals surface area contributed by atoms with Crippen molar-refractivity contribution < 1.29 is 0 Å². The highest BCUT2D eigenvalue weighted by Gasteiger charge is 2.17. The zero-order valence-corrected chi connectivity index (χ0v) is 13.3. The van der Waals surface area contributed by atoms with Crippen LogP contribution in [0.25, 0.3) is 10.8 Å². The maximum Gasteiger partial charge on any atom is 0.0346 e. The molecule has 0 saturated carbocycles. The van der Waals surface area contributed by atoms with Gasteiger partial charge < -0.3 is 5.32 Å². The summed E-state index contributed by atoms with van der Waals surface area (Å²) in [6, 6.07) is 6.86. The molecule has 1 aromatic carbocycles. The van der Waals surface area contributed by atoms with E-state index < -0.39 is 0 Å². The Morgan fingerprint density at radius 2 is 1.90 bits per heavy atom. The highest BCUT2D eigenvalue weighted by atomic mass is 15.2. The number of piperazine rings is 1. The van der Waals surface area contributed by atoms with Crippen molar-refractivity contribution in [2.24, 2.45) is 0 Å². The number of nitrogens with zero attached hydrogens (tertiary/aromatic N) is 2. The molecule has 0 amide bonds. The van der Waals surface area contributed by atoms with E-state index in [2.05, 4.69) is 54.2 Å². The third-order valence-corrected chi connectivity index (χ3v) is 4.25. The van der Waals surface area contributed by atoms with Crippen molar-refractivity contribution >= 4 is 10.8 Å². The largest absolute Gasteiger partial charge is 0.314 e. The van der Waals surface area contributed by atoms with Crippen molar-refractivity contribution in [3.8, 4) is 0 Å². The third-order valence-electron chi connectivity index (χ3n) is 4.25. The molecule has 112 valence electrons. The SMILES string of the molecule is CC(C)(C)c1cncc2cc(CN3CCNCC3)ccc12. The Balaban J connectivity index is 1.90.